The molecule has 0 saturated carbocycles. The van der Waals surface area contributed by atoms with Gasteiger partial charge in [0.15, 0.2) is 5.96 Å². The van der Waals surface area contributed by atoms with E-state index in [1.54, 1.807) is 14.1 Å². The highest BCUT2D eigenvalue weighted by molar-refractivity contribution is 14.0. The fourth-order valence-electron chi connectivity index (χ4n) is 2.59. The Bertz CT molecular complexity index is 742. The second-order valence-electron chi connectivity index (χ2n) is 6.39. The lowest BCUT2D eigenvalue weighted by Gasteiger charge is -2.16. The molecule has 0 aliphatic heterocycles. The molecule has 0 heterocycles. The Morgan fingerprint density at radius 2 is 1.67 bits per heavy atom. The third-order valence-corrected chi connectivity index (χ3v) is 4.35. The number of amides is 1. The van der Waals surface area contributed by atoms with Gasteiger partial charge >= 0.3 is 0 Å². The SMILES string of the molecule is CN=C(NCc1ccc(C(=O)NC)cc1)NCC(C)c1ccc(C)cc1.I. The van der Waals surface area contributed by atoms with Gasteiger partial charge in [0.2, 0.25) is 0 Å². The summed E-state index contributed by atoms with van der Waals surface area (Å²) in [7, 11) is 3.39. The van der Waals surface area contributed by atoms with Crippen molar-refractivity contribution in [3.05, 3.63) is 70.8 Å². The maximum Gasteiger partial charge on any atom is 0.251 e. The van der Waals surface area contributed by atoms with Crippen molar-refractivity contribution in [1.29, 1.82) is 0 Å². The summed E-state index contributed by atoms with van der Waals surface area (Å²) in [5, 5.41) is 9.29. The molecule has 2 aromatic rings. The van der Waals surface area contributed by atoms with Crippen LogP contribution in [0.15, 0.2) is 53.5 Å². The van der Waals surface area contributed by atoms with Crippen LogP contribution >= 0.6 is 24.0 Å². The molecule has 0 bridgehead atoms. The monoisotopic (exact) mass is 480 g/mol. The van der Waals surface area contributed by atoms with Gasteiger partial charge in [0.1, 0.15) is 0 Å². The van der Waals surface area contributed by atoms with Gasteiger partial charge in [-0.05, 0) is 36.1 Å². The zero-order chi connectivity index (χ0) is 18.9. The molecule has 146 valence electrons. The van der Waals surface area contributed by atoms with Gasteiger partial charge in [0.05, 0.1) is 0 Å². The Morgan fingerprint density at radius 1 is 1.04 bits per heavy atom. The lowest BCUT2D eigenvalue weighted by atomic mass is 10.0. The number of nitrogens with one attached hydrogen (secondary N) is 3. The van der Waals surface area contributed by atoms with Crippen molar-refractivity contribution in [2.75, 3.05) is 20.6 Å². The first kappa shape index (κ1) is 23.0. The van der Waals surface area contributed by atoms with Crippen LogP contribution in [0.4, 0.5) is 0 Å². The topological polar surface area (TPSA) is 65.5 Å². The minimum Gasteiger partial charge on any atom is -0.356 e. The van der Waals surface area contributed by atoms with Crippen LogP contribution in [0.25, 0.3) is 0 Å². The predicted octanol–water partition coefficient (Wildman–Crippen LogP) is 3.44. The van der Waals surface area contributed by atoms with Gasteiger partial charge in [-0.1, -0.05) is 48.9 Å². The maximum absolute atomic E-state index is 11.6. The van der Waals surface area contributed by atoms with E-state index in [0.717, 1.165) is 18.1 Å². The Labute approximate surface area is 179 Å². The summed E-state index contributed by atoms with van der Waals surface area (Å²) in [6.45, 7) is 5.74. The number of nitrogens with zero attached hydrogens (tertiary/aromatic N) is 1. The quantitative estimate of drug-likeness (QED) is 0.337. The first-order chi connectivity index (χ1) is 12.5. The molecule has 6 heteroatoms. The van der Waals surface area contributed by atoms with Crippen LogP contribution in [0, 0.1) is 6.92 Å². The highest BCUT2D eigenvalue weighted by Gasteiger charge is 2.07. The summed E-state index contributed by atoms with van der Waals surface area (Å²) >= 11 is 0. The highest BCUT2D eigenvalue weighted by atomic mass is 127. The molecule has 5 nitrogen and oxygen atoms in total. The summed E-state index contributed by atoms with van der Waals surface area (Å²) in [5.41, 5.74) is 4.33. The maximum atomic E-state index is 11.6. The van der Waals surface area contributed by atoms with Crippen LogP contribution in [0.1, 0.15) is 39.9 Å². The van der Waals surface area contributed by atoms with E-state index in [2.05, 4.69) is 59.1 Å². The van der Waals surface area contributed by atoms with Gasteiger partial charge in [-0.25, -0.2) is 0 Å². The van der Waals surface area contributed by atoms with Crippen molar-refractivity contribution in [1.82, 2.24) is 16.0 Å². The van der Waals surface area contributed by atoms with E-state index in [9.17, 15) is 4.79 Å². The number of carbonyl (C=O) groups is 1. The number of hydrogen-bond donors (Lipinski definition) is 3. The second kappa shape index (κ2) is 11.6. The number of rotatable bonds is 6. The number of aliphatic imine (C=N–C) groups is 1. The minimum absolute atomic E-state index is 0. The first-order valence-electron chi connectivity index (χ1n) is 8.85. The predicted molar refractivity (Wildman–Crippen MR) is 123 cm³/mol. The Kier molecular flexibility index (Phi) is 9.85. The average molecular weight is 480 g/mol. The van der Waals surface area contributed by atoms with Gasteiger partial charge in [0.25, 0.3) is 5.91 Å². The molecule has 2 aromatic carbocycles. The number of hydrogen-bond acceptors (Lipinski definition) is 2. The van der Waals surface area contributed by atoms with E-state index in [1.165, 1.54) is 11.1 Å². The van der Waals surface area contributed by atoms with Gasteiger partial charge in [0, 0.05) is 32.7 Å². The van der Waals surface area contributed by atoms with E-state index >= 15 is 0 Å². The Balaban J connectivity index is 0.00000364. The Hall–Kier alpha value is -2.09. The van der Waals surface area contributed by atoms with Gasteiger partial charge in [-0.2, -0.15) is 0 Å². The van der Waals surface area contributed by atoms with Gasteiger partial charge in [-0.3, -0.25) is 9.79 Å². The fourth-order valence-corrected chi connectivity index (χ4v) is 2.59. The van der Waals surface area contributed by atoms with E-state index in [4.69, 9.17) is 0 Å². The molecule has 0 aliphatic rings. The molecule has 2 rings (SSSR count). The fraction of sp³-hybridized carbons (Fsp3) is 0.333. The number of carbonyl (C=O) groups excluding carboxylic acids is 1. The number of benzene rings is 2. The molecule has 0 fully saturated rings. The zero-order valence-corrected chi connectivity index (χ0v) is 18.7. The van der Waals surface area contributed by atoms with Gasteiger partial charge in [-0.15, -0.1) is 24.0 Å². The Morgan fingerprint density at radius 3 is 2.22 bits per heavy atom. The van der Waals surface area contributed by atoms with E-state index in [-0.39, 0.29) is 29.9 Å². The zero-order valence-electron chi connectivity index (χ0n) is 16.4. The lowest BCUT2D eigenvalue weighted by Crippen LogP contribution is -2.38. The number of halogens is 1. The van der Waals surface area contributed by atoms with E-state index in [1.807, 2.05) is 24.3 Å². The van der Waals surface area contributed by atoms with Crippen LogP contribution in [-0.2, 0) is 6.54 Å². The molecule has 1 unspecified atom stereocenters. The smallest absolute Gasteiger partial charge is 0.251 e. The van der Waals surface area contributed by atoms with Crippen molar-refractivity contribution < 1.29 is 4.79 Å². The molecule has 0 aromatic heterocycles. The molecule has 1 atom stereocenters. The summed E-state index contributed by atoms with van der Waals surface area (Å²) in [6, 6.07) is 16.2. The van der Waals surface area contributed by atoms with Crippen LogP contribution in [0.3, 0.4) is 0 Å². The first-order valence-corrected chi connectivity index (χ1v) is 8.85. The molecule has 0 radical (unpaired) electrons. The molecular formula is C21H29IN4O. The van der Waals surface area contributed by atoms with Crippen molar-refractivity contribution in [3.8, 4) is 0 Å². The molecular weight excluding hydrogens is 451 g/mol. The van der Waals surface area contributed by atoms with Crippen LogP contribution in [0.2, 0.25) is 0 Å². The molecule has 0 spiro atoms. The molecule has 27 heavy (non-hydrogen) atoms. The second-order valence-corrected chi connectivity index (χ2v) is 6.39. The molecule has 0 aliphatic carbocycles. The van der Waals surface area contributed by atoms with E-state index < -0.39 is 0 Å². The summed E-state index contributed by atoms with van der Waals surface area (Å²) in [4.78, 5) is 15.8. The van der Waals surface area contributed by atoms with Crippen LogP contribution in [0.5, 0.6) is 0 Å². The van der Waals surface area contributed by atoms with Crippen LogP contribution < -0.4 is 16.0 Å². The lowest BCUT2D eigenvalue weighted by molar-refractivity contribution is 0.0963. The number of aryl methyl sites for hydroxylation is 1. The summed E-state index contributed by atoms with van der Waals surface area (Å²) < 4.78 is 0. The van der Waals surface area contributed by atoms with Crippen molar-refractivity contribution in [3.63, 3.8) is 0 Å². The standard InChI is InChI=1S/C21H28N4O.HI/c1-15-5-9-18(10-6-15)16(2)13-24-21(23-4)25-14-17-7-11-19(12-8-17)20(26)22-3;/h5-12,16H,13-14H2,1-4H3,(H,22,26)(H2,23,24,25);1H. The highest BCUT2D eigenvalue weighted by Crippen LogP contribution is 2.14. The molecule has 0 saturated heterocycles. The molecule has 3 N–H and O–H groups in total. The van der Waals surface area contributed by atoms with E-state index in [0.29, 0.717) is 18.0 Å². The van der Waals surface area contributed by atoms with Crippen molar-refractivity contribution >= 4 is 35.8 Å². The third kappa shape index (κ3) is 7.21. The largest absolute Gasteiger partial charge is 0.356 e. The average Bonchev–Trinajstić information content (AvgIpc) is 2.68. The normalized spacial score (nSPS) is 11.9. The van der Waals surface area contributed by atoms with Gasteiger partial charge < -0.3 is 16.0 Å². The van der Waals surface area contributed by atoms with Crippen LogP contribution in [-0.4, -0.2) is 32.5 Å². The van der Waals surface area contributed by atoms with Crippen molar-refractivity contribution in [2.24, 2.45) is 4.99 Å². The summed E-state index contributed by atoms with van der Waals surface area (Å²) in [6.07, 6.45) is 0. The third-order valence-electron chi connectivity index (χ3n) is 4.35. The minimum atomic E-state index is -0.0768. The number of guanidine groups is 1. The van der Waals surface area contributed by atoms with Crippen molar-refractivity contribution in [2.45, 2.75) is 26.3 Å². The molecule has 1 amide bonds. The summed E-state index contributed by atoms with van der Waals surface area (Å²) in [5.74, 6) is 1.08.